The van der Waals surface area contributed by atoms with Gasteiger partial charge in [-0.1, -0.05) is 15.9 Å². The Morgan fingerprint density at radius 1 is 1.33 bits per heavy atom. The van der Waals surface area contributed by atoms with E-state index < -0.39 is 16.0 Å². The minimum Gasteiger partial charge on any atom is -0.466 e. The fourth-order valence-electron chi connectivity index (χ4n) is 1.20. The first kappa shape index (κ1) is 15.0. The Labute approximate surface area is 115 Å². The van der Waals surface area contributed by atoms with Crippen molar-refractivity contribution in [2.75, 3.05) is 17.1 Å². The Balaban J connectivity index is 2.54. The molecule has 0 aliphatic rings. The van der Waals surface area contributed by atoms with Crippen LogP contribution in [-0.2, 0) is 19.6 Å². The number of sulfonamides is 1. The summed E-state index contributed by atoms with van der Waals surface area (Å²) in [5, 5.41) is 0. The number of halogens is 1. The molecule has 100 valence electrons. The van der Waals surface area contributed by atoms with Crippen LogP contribution in [0.15, 0.2) is 28.7 Å². The van der Waals surface area contributed by atoms with Crippen molar-refractivity contribution in [3.63, 3.8) is 0 Å². The average molecular weight is 336 g/mol. The van der Waals surface area contributed by atoms with Crippen LogP contribution in [0.25, 0.3) is 0 Å². The van der Waals surface area contributed by atoms with Crippen molar-refractivity contribution in [1.82, 2.24) is 0 Å². The number of rotatable bonds is 6. The molecule has 0 saturated carbocycles. The summed E-state index contributed by atoms with van der Waals surface area (Å²) in [5.74, 6) is -0.805. The predicted molar refractivity (Wildman–Crippen MR) is 72.8 cm³/mol. The second-order valence-electron chi connectivity index (χ2n) is 3.48. The summed E-state index contributed by atoms with van der Waals surface area (Å²) in [5.41, 5.74) is 0.460. The molecule has 5 nitrogen and oxygen atoms in total. The minimum atomic E-state index is -3.53. The lowest BCUT2D eigenvalue weighted by atomic mass is 10.3. The molecule has 0 radical (unpaired) electrons. The van der Waals surface area contributed by atoms with Crippen LogP contribution in [0.5, 0.6) is 0 Å². The number of carbonyl (C=O) groups excluding carboxylic acids is 1. The molecule has 0 bridgehead atoms. The lowest BCUT2D eigenvalue weighted by Gasteiger charge is -2.07. The topological polar surface area (TPSA) is 72.5 Å². The van der Waals surface area contributed by atoms with E-state index in [4.69, 9.17) is 0 Å². The molecule has 1 aromatic carbocycles. The van der Waals surface area contributed by atoms with Gasteiger partial charge in [-0.3, -0.25) is 9.52 Å². The van der Waals surface area contributed by atoms with Crippen LogP contribution in [0.1, 0.15) is 13.3 Å². The Bertz CT molecular complexity index is 498. The van der Waals surface area contributed by atoms with E-state index in [1.807, 2.05) is 0 Å². The molecule has 1 aromatic rings. The lowest BCUT2D eigenvalue weighted by molar-refractivity contribution is -0.142. The average Bonchev–Trinajstić information content (AvgIpc) is 2.30. The third kappa shape index (κ3) is 5.50. The highest BCUT2D eigenvalue weighted by Gasteiger charge is 2.13. The molecule has 0 spiro atoms. The third-order valence-electron chi connectivity index (χ3n) is 2.00. The van der Waals surface area contributed by atoms with Gasteiger partial charge in [0.2, 0.25) is 10.0 Å². The Hall–Kier alpha value is -1.08. The number of ether oxygens (including phenoxy) is 1. The molecule has 18 heavy (non-hydrogen) atoms. The number of hydrogen-bond acceptors (Lipinski definition) is 4. The summed E-state index contributed by atoms with van der Waals surface area (Å²) in [7, 11) is -3.53. The standard InChI is InChI=1S/C11H14BrNO4S/c1-2-17-11(14)7-8-18(15,16)13-10-5-3-9(12)4-6-10/h3-6,13H,2,7-8H2,1H3. The summed E-state index contributed by atoms with van der Waals surface area (Å²) in [6.45, 7) is 1.92. The smallest absolute Gasteiger partial charge is 0.306 e. The van der Waals surface area contributed by atoms with Crippen LogP contribution in [-0.4, -0.2) is 26.7 Å². The number of benzene rings is 1. The molecule has 0 amide bonds. The zero-order valence-corrected chi connectivity index (χ0v) is 12.3. The fraction of sp³-hybridized carbons (Fsp3) is 0.364. The van der Waals surface area contributed by atoms with Gasteiger partial charge >= 0.3 is 5.97 Å². The second kappa shape index (κ2) is 6.75. The number of anilines is 1. The van der Waals surface area contributed by atoms with Gasteiger partial charge in [-0.15, -0.1) is 0 Å². The highest BCUT2D eigenvalue weighted by Crippen LogP contribution is 2.15. The van der Waals surface area contributed by atoms with Gasteiger partial charge in [0.05, 0.1) is 18.8 Å². The lowest BCUT2D eigenvalue weighted by Crippen LogP contribution is -2.19. The van der Waals surface area contributed by atoms with Crippen LogP contribution < -0.4 is 4.72 Å². The number of esters is 1. The summed E-state index contributed by atoms with van der Waals surface area (Å²) in [6, 6.07) is 6.71. The maximum atomic E-state index is 11.7. The number of carbonyl (C=O) groups is 1. The highest BCUT2D eigenvalue weighted by molar-refractivity contribution is 9.10. The molecule has 1 rings (SSSR count). The molecule has 0 saturated heterocycles. The molecule has 0 fully saturated rings. The van der Waals surface area contributed by atoms with Crippen LogP contribution in [0.3, 0.4) is 0 Å². The van der Waals surface area contributed by atoms with E-state index in [2.05, 4.69) is 25.4 Å². The van der Waals surface area contributed by atoms with Gasteiger partial charge in [-0.25, -0.2) is 8.42 Å². The normalized spacial score (nSPS) is 11.0. The van der Waals surface area contributed by atoms with Gasteiger partial charge in [-0.05, 0) is 31.2 Å². The predicted octanol–water partition coefficient (Wildman–Crippen LogP) is 2.14. The monoisotopic (exact) mass is 335 g/mol. The van der Waals surface area contributed by atoms with Gasteiger partial charge in [0.15, 0.2) is 0 Å². The highest BCUT2D eigenvalue weighted by atomic mass is 79.9. The second-order valence-corrected chi connectivity index (χ2v) is 6.24. The zero-order chi connectivity index (χ0) is 13.6. The Kier molecular flexibility index (Phi) is 5.61. The van der Waals surface area contributed by atoms with Crippen molar-refractivity contribution in [3.05, 3.63) is 28.7 Å². The Morgan fingerprint density at radius 2 is 1.94 bits per heavy atom. The van der Waals surface area contributed by atoms with Crippen LogP contribution in [0.4, 0.5) is 5.69 Å². The van der Waals surface area contributed by atoms with Gasteiger partial charge in [-0.2, -0.15) is 0 Å². The van der Waals surface area contributed by atoms with Gasteiger partial charge in [0, 0.05) is 10.2 Å². The zero-order valence-electron chi connectivity index (χ0n) is 9.85. The molecule has 0 aliphatic carbocycles. The minimum absolute atomic E-state index is 0.153. The third-order valence-corrected chi connectivity index (χ3v) is 3.81. The maximum Gasteiger partial charge on any atom is 0.306 e. The first-order chi connectivity index (χ1) is 8.43. The molecular weight excluding hydrogens is 322 g/mol. The van der Waals surface area contributed by atoms with E-state index in [1.165, 1.54) is 0 Å². The summed E-state index contributed by atoms with van der Waals surface area (Å²) in [4.78, 5) is 11.1. The largest absolute Gasteiger partial charge is 0.466 e. The molecule has 7 heteroatoms. The van der Waals surface area contributed by atoms with Gasteiger partial charge < -0.3 is 4.74 Å². The van der Waals surface area contributed by atoms with E-state index in [0.717, 1.165) is 4.47 Å². The van der Waals surface area contributed by atoms with Crippen molar-refractivity contribution in [2.24, 2.45) is 0 Å². The van der Waals surface area contributed by atoms with Crippen LogP contribution in [0.2, 0.25) is 0 Å². The molecular formula is C11H14BrNO4S. The van der Waals surface area contributed by atoms with E-state index in [9.17, 15) is 13.2 Å². The van der Waals surface area contributed by atoms with Crippen molar-refractivity contribution >= 4 is 37.6 Å². The first-order valence-corrected chi connectivity index (χ1v) is 7.79. The van der Waals surface area contributed by atoms with Crippen molar-refractivity contribution in [3.8, 4) is 0 Å². The summed E-state index contributed by atoms with van der Waals surface area (Å²) in [6.07, 6.45) is -0.153. The van der Waals surface area contributed by atoms with Crippen molar-refractivity contribution in [2.45, 2.75) is 13.3 Å². The number of hydrogen-bond donors (Lipinski definition) is 1. The number of nitrogens with one attached hydrogen (secondary N) is 1. The van der Waals surface area contributed by atoms with Gasteiger partial charge in [0.1, 0.15) is 0 Å². The van der Waals surface area contributed by atoms with E-state index in [1.54, 1.807) is 31.2 Å². The molecule has 0 aliphatic heterocycles. The fourth-order valence-corrected chi connectivity index (χ4v) is 2.50. The molecule has 0 unspecified atom stereocenters. The van der Waals surface area contributed by atoms with E-state index >= 15 is 0 Å². The van der Waals surface area contributed by atoms with Crippen molar-refractivity contribution < 1.29 is 17.9 Å². The molecule has 0 aromatic heterocycles. The molecule has 0 atom stereocenters. The molecule has 1 N–H and O–H groups in total. The quantitative estimate of drug-likeness (QED) is 0.808. The van der Waals surface area contributed by atoms with Crippen LogP contribution in [0, 0.1) is 0 Å². The first-order valence-electron chi connectivity index (χ1n) is 5.34. The summed E-state index contributed by atoms with van der Waals surface area (Å²) >= 11 is 3.25. The van der Waals surface area contributed by atoms with E-state index in [0.29, 0.717) is 5.69 Å². The maximum absolute atomic E-state index is 11.7. The van der Waals surface area contributed by atoms with Gasteiger partial charge in [0.25, 0.3) is 0 Å². The SMILES string of the molecule is CCOC(=O)CCS(=O)(=O)Nc1ccc(Br)cc1. The molecule has 0 heterocycles. The summed E-state index contributed by atoms with van der Waals surface area (Å²) < 4.78 is 31.2. The van der Waals surface area contributed by atoms with Crippen molar-refractivity contribution in [1.29, 1.82) is 0 Å². The Morgan fingerprint density at radius 3 is 2.50 bits per heavy atom. The van der Waals surface area contributed by atoms with Crippen LogP contribution >= 0.6 is 15.9 Å². The van der Waals surface area contributed by atoms with E-state index in [-0.39, 0.29) is 18.8 Å².